The number of anilines is 1. The fourth-order valence-electron chi connectivity index (χ4n) is 16.6. The van der Waals surface area contributed by atoms with Crippen LogP contribution in [0.4, 0.5) is 5.69 Å². The Kier molecular flexibility index (Phi) is 30.2. The number of hydrogen-bond acceptors (Lipinski definition) is 18. The second-order valence-corrected chi connectivity index (χ2v) is 34.0. The minimum Gasteiger partial charge on any atom is -0.460 e. The van der Waals surface area contributed by atoms with Crippen LogP contribution in [0.25, 0.3) is 11.6 Å². The van der Waals surface area contributed by atoms with Crippen molar-refractivity contribution in [3.05, 3.63) is 128 Å². The molecule has 0 spiro atoms. The van der Waals surface area contributed by atoms with Gasteiger partial charge in [0.2, 0.25) is 5.79 Å². The van der Waals surface area contributed by atoms with Crippen molar-refractivity contribution in [3.8, 4) is 0 Å². The molecule has 25 heteroatoms. The Bertz CT molecular complexity index is 4010. The van der Waals surface area contributed by atoms with Gasteiger partial charge >= 0.3 is 5.97 Å². The molecule has 2 aromatic carbocycles. The number of esters is 1. The average molecular weight is 1560 g/mol. The molecule has 5 fully saturated rings. The summed E-state index contributed by atoms with van der Waals surface area (Å²) in [7, 11) is 0.684. The number of Topliss-reactive ketones (excluding diaryl/α,β-unsaturated/α-hetero) is 3. The number of ether oxygens (including phenoxy) is 5. The smallest absolute Gasteiger partial charge is 0.329 e. The van der Waals surface area contributed by atoms with E-state index in [4.69, 9.17) is 46.9 Å². The highest BCUT2D eigenvalue weighted by molar-refractivity contribution is 7.90. The number of methoxy groups -OCH3 is 3. The molecular formula is C83H113Cl2N5O17S. The fraction of sp³-hybridized carbons (Fsp3) is 0.602. The number of sulfone groups is 1. The van der Waals surface area contributed by atoms with Crippen LogP contribution in [0, 0.1) is 49.4 Å². The first-order valence-corrected chi connectivity index (χ1v) is 40.9. The van der Waals surface area contributed by atoms with Gasteiger partial charge < -0.3 is 64.0 Å². The van der Waals surface area contributed by atoms with Crippen molar-refractivity contribution in [2.45, 2.75) is 236 Å². The molecule has 22 nitrogen and oxygen atoms in total. The minimum absolute atomic E-state index is 0.0143. The van der Waals surface area contributed by atoms with Crippen molar-refractivity contribution < 1.29 is 81.0 Å². The topological polar surface area (TPSA) is 298 Å². The highest BCUT2D eigenvalue weighted by Gasteiger charge is 2.53. The van der Waals surface area contributed by atoms with E-state index in [9.17, 15) is 57.3 Å². The molecule has 7 heterocycles. The minimum atomic E-state index is -3.84. The number of hydrogen-bond donors (Lipinski definition) is 5. The number of aryl methyl sites for hydroxylation is 1. The van der Waals surface area contributed by atoms with E-state index in [1.165, 1.54) is 37.0 Å². The molecule has 1 aliphatic carbocycles. The van der Waals surface area contributed by atoms with Gasteiger partial charge in [-0.25, -0.2) is 13.2 Å². The molecule has 6 aliphatic heterocycles. The summed E-state index contributed by atoms with van der Waals surface area (Å²) in [4.78, 5) is 107. The van der Waals surface area contributed by atoms with E-state index in [1.807, 2.05) is 76.8 Å². The molecule has 3 aromatic rings. The number of ketones is 3. The monoisotopic (exact) mass is 1550 g/mol. The van der Waals surface area contributed by atoms with Gasteiger partial charge in [-0.1, -0.05) is 100 Å². The number of allylic oxidation sites excluding steroid dienone is 6. The molecule has 0 unspecified atom stereocenters. The molecule has 7 aliphatic rings. The van der Waals surface area contributed by atoms with Crippen molar-refractivity contribution >= 4 is 91.4 Å². The first-order chi connectivity index (χ1) is 51.3. The van der Waals surface area contributed by atoms with Gasteiger partial charge in [0.15, 0.2) is 15.6 Å². The van der Waals surface area contributed by atoms with Crippen molar-refractivity contribution in [1.82, 2.24) is 19.7 Å². The highest BCUT2D eigenvalue weighted by atomic mass is 35.5. The lowest BCUT2D eigenvalue weighted by molar-refractivity contribution is -0.265. The number of nitrogens with zero attached hydrogens (tertiary/aromatic N) is 3. The van der Waals surface area contributed by atoms with E-state index in [2.05, 4.69) is 15.2 Å². The Morgan fingerprint density at radius 2 is 1.52 bits per heavy atom. The molecule has 108 heavy (non-hydrogen) atoms. The quantitative estimate of drug-likeness (QED) is 0.0460. The number of benzene rings is 2. The van der Waals surface area contributed by atoms with E-state index in [-0.39, 0.29) is 93.4 Å². The number of fused-ring (bicyclic) bond motifs is 4. The zero-order chi connectivity index (χ0) is 78.6. The molecular weight excluding hydrogens is 1440 g/mol. The molecule has 16 atom stereocenters. The van der Waals surface area contributed by atoms with Crippen LogP contribution in [-0.2, 0) is 68.0 Å². The summed E-state index contributed by atoms with van der Waals surface area (Å²) >= 11 is 12.5. The third-order valence-electron chi connectivity index (χ3n) is 23.3. The number of aromatic amines is 1. The molecule has 10 rings (SSSR count). The van der Waals surface area contributed by atoms with Gasteiger partial charge in [0, 0.05) is 116 Å². The van der Waals surface area contributed by atoms with Crippen LogP contribution in [0.1, 0.15) is 190 Å². The summed E-state index contributed by atoms with van der Waals surface area (Å²) in [5.41, 5.74) is 5.68. The van der Waals surface area contributed by atoms with Gasteiger partial charge in [-0.05, 0) is 202 Å². The van der Waals surface area contributed by atoms with Gasteiger partial charge in [0.05, 0.1) is 46.2 Å². The van der Waals surface area contributed by atoms with E-state index in [1.54, 1.807) is 71.4 Å². The molecule has 1 saturated carbocycles. The van der Waals surface area contributed by atoms with Crippen molar-refractivity contribution in [1.29, 1.82) is 0 Å². The van der Waals surface area contributed by atoms with E-state index >= 15 is 0 Å². The second-order valence-electron chi connectivity index (χ2n) is 31.2. The van der Waals surface area contributed by atoms with Crippen LogP contribution in [0.3, 0.4) is 0 Å². The van der Waals surface area contributed by atoms with E-state index < -0.39 is 93.7 Å². The zero-order valence-corrected chi connectivity index (χ0v) is 67.1. The Labute approximate surface area is 647 Å². The first-order valence-electron chi connectivity index (χ1n) is 38.5. The lowest BCUT2D eigenvalue weighted by Crippen LogP contribution is -2.61. The van der Waals surface area contributed by atoms with Gasteiger partial charge in [-0.2, -0.15) is 0 Å². The maximum Gasteiger partial charge on any atom is 0.329 e. The molecule has 3 amide bonds. The number of H-pyrrole nitrogens is 1. The lowest BCUT2D eigenvalue weighted by Gasteiger charge is -2.42. The summed E-state index contributed by atoms with van der Waals surface area (Å²) in [6.07, 6.45) is 17.3. The molecule has 592 valence electrons. The maximum atomic E-state index is 14.4. The summed E-state index contributed by atoms with van der Waals surface area (Å²) in [6.45, 7) is 20.3. The number of halogens is 2. The number of cyclic esters (lactones) is 1. The highest BCUT2D eigenvalue weighted by Crippen LogP contribution is 2.41. The summed E-state index contributed by atoms with van der Waals surface area (Å²) in [6, 6.07) is 8.48. The van der Waals surface area contributed by atoms with Crippen molar-refractivity contribution in [2.24, 2.45) is 35.5 Å². The van der Waals surface area contributed by atoms with Crippen LogP contribution in [0.2, 0.25) is 10.0 Å². The lowest BCUT2D eigenvalue weighted by atomic mass is 9.78. The zero-order valence-electron chi connectivity index (χ0n) is 64.8. The third-order valence-corrected chi connectivity index (χ3v) is 25.6. The average Bonchev–Trinajstić information content (AvgIpc) is 1.71. The van der Waals surface area contributed by atoms with Crippen LogP contribution < -0.4 is 5.32 Å². The predicted octanol–water partition coefficient (Wildman–Crippen LogP) is 12.3. The van der Waals surface area contributed by atoms with Gasteiger partial charge in [-0.15, -0.1) is 0 Å². The molecule has 0 radical (unpaired) electrons. The molecule has 5 N–H and O–H groups in total. The number of carbonyl (C=O) groups is 7. The van der Waals surface area contributed by atoms with Gasteiger partial charge in [0.1, 0.15) is 30.1 Å². The molecule has 4 saturated heterocycles. The Morgan fingerprint density at radius 3 is 2.21 bits per heavy atom. The predicted molar refractivity (Wildman–Crippen MR) is 415 cm³/mol. The number of aliphatic hydroxyl groups is 3. The third kappa shape index (κ3) is 20.6. The summed E-state index contributed by atoms with van der Waals surface area (Å²) in [5, 5.41) is 37.2. The van der Waals surface area contributed by atoms with Gasteiger partial charge in [0.25, 0.3) is 23.5 Å². The van der Waals surface area contributed by atoms with Crippen LogP contribution in [0.15, 0.2) is 88.9 Å². The summed E-state index contributed by atoms with van der Waals surface area (Å²) in [5.74, 6) is -8.66. The van der Waals surface area contributed by atoms with Crippen molar-refractivity contribution in [2.75, 3.05) is 59.4 Å². The Hall–Kier alpha value is -6.48. The number of aliphatic hydroxyl groups excluding tert-OH is 2. The standard InChI is InChI=1S/C51H79NO13.C32H34Cl2N4O4S/c1-30-16-12-11-13-17-31(2)42(61-8)28-38-21-19-36(7)51(60,65-38)48(57)49(58)52-23-15-14-18-39(52)50(59)64-43(33(4)26-37-20-22-40(53)44(27-37)62-9)29-41(54)32(3)25-35(6)46(56)47(63-10)45(55)34(5)24-30;1-19-29(35-20(2)30(19)32(40)38-14-6-7-21(38)17-37-12-3-4-13-37)16-24-23-15-22(10-11-28(23)36-31(24)39)43(41,42)18-25-26(33)8-5-9-27(25)34/h11-13,16-17,25,30,32-34,36-40,42-44,46-47,53,56,60H,14-15,18-24,26-29H2,1-10H3;5,8-11,15-16,21,35H,3-4,6-7,12-14,17-18H2,1-2H3,(H,36,39)/b13-11+,16-12-,31-17+,35-25+;24-16-/t30-,32-,33-,34-,36-,37+,38+,39+,40-,42+,43+,44-,46-,47+,51-;21-/m11/s1. The van der Waals surface area contributed by atoms with Crippen LogP contribution >= 0.6 is 23.2 Å². The number of carbonyl (C=O) groups excluding carboxylic acids is 7. The number of piperidine rings is 1. The number of aromatic nitrogens is 1. The first kappa shape index (κ1) is 85.5. The molecule has 1 aromatic heterocycles. The van der Waals surface area contributed by atoms with Crippen LogP contribution in [0.5, 0.6) is 0 Å². The maximum absolute atomic E-state index is 14.4. The fourth-order valence-corrected chi connectivity index (χ4v) is 18.8. The second kappa shape index (κ2) is 38.2. The Balaban J connectivity index is 0.000000269. The van der Waals surface area contributed by atoms with Crippen LogP contribution in [-0.4, -0.2) is 199 Å². The van der Waals surface area contributed by atoms with Crippen molar-refractivity contribution in [3.63, 3.8) is 0 Å². The molecule has 2 bridgehead atoms. The largest absolute Gasteiger partial charge is 0.460 e. The Morgan fingerprint density at radius 1 is 0.806 bits per heavy atom. The number of amides is 3. The van der Waals surface area contributed by atoms with E-state index in [0.717, 1.165) is 62.3 Å². The number of nitrogens with one attached hydrogen (secondary N) is 2. The van der Waals surface area contributed by atoms with E-state index in [0.29, 0.717) is 97.0 Å². The number of rotatable bonds is 13. The SMILES string of the molecule is CO[C@H]1C[C@@H]2CC[C@@H](C)[C@@](O)(O2)C(=O)C(=O)N2CCCC[C@H]2C(=O)O[C@H]([C@H](C)C[C@@H]2CC[C@@H](O)[C@H](OC)C2)CC(=O)[C@H](C)/C=C(\C)[C@@H](O)[C@@H](OC)C(=O)[C@H](C)C[C@H](C)\C=C/C=C/C=C/1C.Cc1[nH]c(/C=C2\C(=O)Nc3ccc(S(=O)(=O)Cc4c(Cl)cccc4Cl)cc32)c(C)c1C(=O)N1CCC[C@@H]1CN1CCCC1. The normalized spacial score (nSPS) is 32.2. The van der Waals surface area contributed by atoms with Gasteiger partial charge in [-0.3, -0.25) is 28.8 Å². The number of likely N-dealkylation sites (tertiary alicyclic amines) is 2. The summed E-state index contributed by atoms with van der Waals surface area (Å²) < 4.78 is 56.2.